The lowest BCUT2D eigenvalue weighted by molar-refractivity contribution is 0.478. The van der Waals surface area contributed by atoms with Gasteiger partial charge in [0, 0.05) is 6.07 Å². The Balaban J connectivity index is 2.17. The van der Waals surface area contributed by atoms with Crippen molar-refractivity contribution in [3.8, 4) is 0 Å². The van der Waals surface area contributed by atoms with E-state index in [0.29, 0.717) is 5.76 Å². The number of tetrazole rings is 1. The Labute approximate surface area is 103 Å². The van der Waals surface area contributed by atoms with E-state index < -0.39 is 10.0 Å². The molecule has 0 aliphatic rings. The van der Waals surface area contributed by atoms with E-state index in [1.54, 1.807) is 6.92 Å². The van der Waals surface area contributed by atoms with Gasteiger partial charge in [0.2, 0.25) is 10.0 Å². The molecule has 0 saturated carbocycles. The monoisotopic (exact) mass is 272 g/mol. The predicted octanol–water partition coefficient (Wildman–Crippen LogP) is -0.962. The number of hydrogen-bond donors (Lipinski definition) is 3. The Morgan fingerprint density at radius 2 is 2.33 bits per heavy atom. The summed E-state index contributed by atoms with van der Waals surface area (Å²) in [7, 11) is -3.68. The molecule has 0 saturated heterocycles. The summed E-state index contributed by atoms with van der Waals surface area (Å²) < 4.78 is 31.5. The molecule has 0 radical (unpaired) electrons. The topological polar surface area (TPSA) is 140 Å². The van der Waals surface area contributed by atoms with Crippen molar-refractivity contribution in [1.29, 1.82) is 0 Å². The maximum Gasteiger partial charge on any atom is 0.244 e. The van der Waals surface area contributed by atoms with Crippen LogP contribution in [-0.4, -0.2) is 29.0 Å². The molecular weight excluding hydrogens is 260 g/mol. The number of H-pyrrole nitrogens is 1. The average Bonchev–Trinajstić information content (AvgIpc) is 2.95. The number of rotatable bonds is 5. The van der Waals surface area contributed by atoms with Crippen LogP contribution in [-0.2, 0) is 23.1 Å². The van der Waals surface area contributed by atoms with Gasteiger partial charge in [0.25, 0.3) is 0 Å². The van der Waals surface area contributed by atoms with Gasteiger partial charge in [-0.15, -0.1) is 10.2 Å². The first-order valence-corrected chi connectivity index (χ1v) is 6.52. The normalized spacial score (nSPS) is 11.9. The number of aromatic amines is 1. The Bertz CT molecular complexity index is 617. The second-order valence-electron chi connectivity index (χ2n) is 3.49. The van der Waals surface area contributed by atoms with E-state index in [2.05, 4.69) is 25.3 Å². The van der Waals surface area contributed by atoms with Crippen molar-refractivity contribution < 1.29 is 12.8 Å². The van der Waals surface area contributed by atoms with Crippen LogP contribution in [0.15, 0.2) is 15.4 Å². The van der Waals surface area contributed by atoms with Crippen LogP contribution in [0.4, 0.5) is 0 Å². The number of sulfonamides is 1. The molecule has 0 aliphatic heterocycles. The van der Waals surface area contributed by atoms with Crippen molar-refractivity contribution in [3.63, 3.8) is 0 Å². The van der Waals surface area contributed by atoms with Gasteiger partial charge in [-0.1, -0.05) is 5.21 Å². The number of nitrogens with one attached hydrogen (secondary N) is 2. The Morgan fingerprint density at radius 1 is 1.56 bits per heavy atom. The van der Waals surface area contributed by atoms with Crippen molar-refractivity contribution >= 4 is 10.0 Å². The fourth-order valence-corrected chi connectivity index (χ4v) is 2.57. The summed E-state index contributed by atoms with van der Waals surface area (Å²) in [6.45, 7) is 1.64. The van der Waals surface area contributed by atoms with Gasteiger partial charge in [0.05, 0.1) is 13.1 Å². The van der Waals surface area contributed by atoms with Gasteiger partial charge in [-0.3, -0.25) is 0 Å². The van der Waals surface area contributed by atoms with E-state index in [1.165, 1.54) is 6.07 Å². The van der Waals surface area contributed by atoms with Crippen molar-refractivity contribution in [2.75, 3.05) is 0 Å². The summed E-state index contributed by atoms with van der Waals surface area (Å²) in [5.41, 5.74) is 5.39. The molecule has 0 fully saturated rings. The van der Waals surface area contributed by atoms with Gasteiger partial charge in [-0.25, -0.2) is 13.1 Å². The summed E-state index contributed by atoms with van der Waals surface area (Å²) in [6.07, 6.45) is 0. The van der Waals surface area contributed by atoms with Gasteiger partial charge in [-0.2, -0.15) is 5.21 Å². The quantitative estimate of drug-likeness (QED) is 0.636. The van der Waals surface area contributed by atoms with Gasteiger partial charge in [-0.05, 0) is 6.92 Å². The molecule has 2 aromatic heterocycles. The number of nitrogens with zero attached hydrogens (tertiary/aromatic N) is 3. The molecule has 9 nitrogen and oxygen atoms in total. The lowest BCUT2D eigenvalue weighted by Gasteiger charge is -2.02. The van der Waals surface area contributed by atoms with E-state index in [0.717, 1.165) is 0 Å². The zero-order chi connectivity index (χ0) is 13.2. The van der Waals surface area contributed by atoms with E-state index in [-0.39, 0.29) is 29.6 Å². The van der Waals surface area contributed by atoms with E-state index in [4.69, 9.17) is 10.2 Å². The molecule has 2 aromatic rings. The molecule has 18 heavy (non-hydrogen) atoms. The molecule has 10 heteroatoms. The van der Waals surface area contributed by atoms with E-state index in [9.17, 15) is 8.42 Å². The number of aromatic nitrogens is 4. The van der Waals surface area contributed by atoms with Crippen molar-refractivity contribution in [2.24, 2.45) is 5.73 Å². The molecular formula is C8H12N6O3S. The number of furan rings is 1. The van der Waals surface area contributed by atoms with Crippen molar-refractivity contribution in [2.45, 2.75) is 24.9 Å². The maximum atomic E-state index is 12.0. The zero-order valence-electron chi connectivity index (χ0n) is 9.54. The second kappa shape index (κ2) is 4.84. The lowest BCUT2D eigenvalue weighted by Crippen LogP contribution is -2.24. The third-order valence-corrected chi connectivity index (χ3v) is 3.73. The fourth-order valence-electron chi connectivity index (χ4n) is 1.39. The number of hydrogen-bond acceptors (Lipinski definition) is 7. The molecule has 0 atom stereocenters. The fraction of sp³-hybridized carbons (Fsp3) is 0.375. The minimum Gasteiger partial charge on any atom is -0.464 e. The van der Waals surface area contributed by atoms with Crippen LogP contribution in [0, 0.1) is 6.92 Å². The molecule has 0 amide bonds. The summed E-state index contributed by atoms with van der Waals surface area (Å²) in [4.78, 5) is 0.0615. The number of aryl methyl sites for hydroxylation is 1. The molecule has 0 aliphatic carbocycles. The molecule has 0 unspecified atom stereocenters. The average molecular weight is 272 g/mol. The predicted molar refractivity (Wildman–Crippen MR) is 59.5 cm³/mol. The van der Waals surface area contributed by atoms with E-state index >= 15 is 0 Å². The summed E-state index contributed by atoms with van der Waals surface area (Å²) in [6, 6.07) is 1.40. The molecule has 98 valence electrons. The van der Waals surface area contributed by atoms with E-state index in [1.807, 2.05) is 0 Å². The number of nitrogens with two attached hydrogens (primary N) is 1. The van der Waals surface area contributed by atoms with Crippen molar-refractivity contribution in [3.05, 3.63) is 23.4 Å². The third-order valence-electron chi connectivity index (χ3n) is 2.22. The Kier molecular flexibility index (Phi) is 3.41. The van der Waals surface area contributed by atoms with Crippen LogP contribution in [0.25, 0.3) is 0 Å². The minimum absolute atomic E-state index is 0.0542. The van der Waals surface area contributed by atoms with Crippen LogP contribution in [0.2, 0.25) is 0 Å². The molecule has 2 rings (SSSR count). The highest BCUT2D eigenvalue weighted by Gasteiger charge is 2.21. The second-order valence-corrected chi connectivity index (χ2v) is 5.23. The Hall–Kier alpha value is -1.78. The van der Waals surface area contributed by atoms with Crippen molar-refractivity contribution in [1.82, 2.24) is 25.3 Å². The Morgan fingerprint density at radius 3 is 2.89 bits per heavy atom. The molecule has 0 aromatic carbocycles. The van der Waals surface area contributed by atoms with Gasteiger partial charge in [0.1, 0.15) is 16.4 Å². The van der Waals surface area contributed by atoms with Gasteiger partial charge >= 0.3 is 0 Å². The molecule has 0 spiro atoms. The summed E-state index contributed by atoms with van der Waals surface area (Å²) >= 11 is 0. The first-order chi connectivity index (χ1) is 8.53. The van der Waals surface area contributed by atoms with Crippen LogP contribution < -0.4 is 10.5 Å². The highest BCUT2D eigenvalue weighted by Crippen LogP contribution is 2.19. The SMILES string of the molecule is Cc1oc(CN)cc1S(=O)(=O)NCc1nn[nH]n1. The lowest BCUT2D eigenvalue weighted by atomic mass is 10.4. The van der Waals surface area contributed by atoms with Crippen LogP contribution in [0.5, 0.6) is 0 Å². The maximum absolute atomic E-state index is 12.0. The standard InChI is InChI=1S/C8H12N6O3S/c1-5-7(2-6(3-9)17-5)18(15,16)10-4-8-11-13-14-12-8/h2,10H,3-4,9H2,1H3,(H,11,12,13,14). The minimum atomic E-state index is -3.68. The summed E-state index contributed by atoms with van der Waals surface area (Å²) in [5, 5.41) is 12.8. The van der Waals surface area contributed by atoms with Gasteiger partial charge in [0.15, 0.2) is 5.82 Å². The highest BCUT2D eigenvalue weighted by molar-refractivity contribution is 7.89. The van der Waals surface area contributed by atoms with Crippen LogP contribution >= 0.6 is 0 Å². The van der Waals surface area contributed by atoms with Crippen LogP contribution in [0.1, 0.15) is 17.3 Å². The van der Waals surface area contributed by atoms with Crippen LogP contribution in [0.3, 0.4) is 0 Å². The highest BCUT2D eigenvalue weighted by atomic mass is 32.2. The first kappa shape index (κ1) is 12.7. The first-order valence-electron chi connectivity index (χ1n) is 5.04. The third kappa shape index (κ3) is 2.55. The molecule has 2 heterocycles. The summed E-state index contributed by atoms with van der Waals surface area (Å²) in [5.74, 6) is 0.947. The largest absolute Gasteiger partial charge is 0.464 e. The molecule has 4 N–H and O–H groups in total. The smallest absolute Gasteiger partial charge is 0.244 e. The molecule has 0 bridgehead atoms. The van der Waals surface area contributed by atoms with Gasteiger partial charge < -0.3 is 10.2 Å². The zero-order valence-corrected chi connectivity index (χ0v) is 10.4.